The van der Waals surface area contributed by atoms with Crippen molar-refractivity contribution in [1.82, 2.24) is 0 Å². The summed E-state index contributed by atoms with van der Waals surface area (Å²) in [7, 11) is 0. The summed E-state index contributed by atoms with van der Waals surface area (Å²) < 4.78 is 0. The predicted octanol–water partition coefficient (Wildman–Crippen LogP) is 5.53. The van der Waals surface area contributed by atoms with E-state index in [9.17, 15) is 0 Å². The summed E-state index contributed by atoms with van der Waals surface area (Å²) in [6, 6.07) is 14.3. The molecular weight excluding hydrogens is 276 g/mol. The maximum absolute atomic E-state index is 2.45. The Morgan fingerprint density at radius 2 is 1.35 bits per heavy atom. The Balaban J connectivity index is 1.62. The Kier molecular flexibility index (Phi) is 2.74. The number of allylic oxidation sites excluding steroid dienone is 4. The number of aryl methyl sites for hydroxylation is 2. The first-order valence-electron chi connectivity index (χ1n) is 8.97. The van der Waals surface area contributed by atoms with Gasteiger partial charge in [-0.3, -0.25) is 0 Å². The number of rotatable bonds is 2. The lowest BCUT2D eigenvalue weighted by atomic mass is 9.95. The van der Waals surface area contributed by atoms with E-state index in [1.807, 2.05) is 0 Å². The maximum atomic E-state index is 2.45. The van der Waals surface area contributed by atoms with E-state index in [1.54, 1.807) is 39.0 Å². The Morgan fingerprint density at radius 1 is 0.696 bits per heavy atom. The van der Waals surface area contributed by atoms with Crippen molar-refractivity contribution in [2.45, 2.75) is 46.0 Å². The quantitative estimate of drug-likeness (QED) is 0.683. The summed E-state index contributed by atoms with van der Waals surface area (Å²) in [4.78, 5) is 0. The van der Waals surface area contributed by atoms with E-state index in [2.05, 4.69) is 50.2 Å². The van der Waals surface area contributed by atoms with Gasteiger partial charge in [0.05, 0.1) is 0 Å². The molecule has 5 rings (SSSR count). The minimum absolute atomic E-state index is 1.13. The van der Waals surface area contributed by atoms with Gasteiger partial charge in [-0.2, -0.15) is 0 Å². The maximum Gasteiger partial charge on any atom is -0.00105 e. The fourth-order valence-electron chi connectivity index (χ4n) is 4.66. The molecule has 0 radical (unpaired) electrons. The summed E-state index contributed by atoms with van der Waals surface area (Å²) in [6.45, 7) is 4.50. The third-order valence-corrected chi connectivity index (χ3v) is 5.94. The molecule has 0 amide bonds. The summed E-state index contributed by atoms with van der Waals surface area (Å²) in [5, 5.41) is 0. The van der Waals surface area contributed by atoms with E-state index in [1.165, 1.54) is 29.5 Å². The lowest BCUT2D eigenvalue weighted by molar-refractivity contribution is 1.10. The molecule has 0 saturated carbocycles. The second-order valence-corrected chi connectivity index (χ2v) is 7.16. The smallest absolute Gasteiger partial charge is 0.00105 e. The standard InChI is InChI=1S/C23H22/c1-3-14-6-8-17-12-22-21(19(17)9-14)13-18-11-16-7-5-15(4-2)10-20(16)23(18)22/h5-10H,3-4,11-13H2,1-2H3. The Bertz CT molecular complexity index is 906. The van der Waals surface area contributed by atoms with Crippen LogP contribution in [-0.4, -0.2) is 0 Å². The first kappa shape index (κ1) is 13.4. The minimum Gasteiger partial charge on any atom is -0.0613 e. The van der Waals surface area contributed by atoms with Crippen LogP contribution in [0.1, 0.15) is 53.6 Å². The van der Waals surface area contributed by atoms with Crippen molar-refractivity contribution in [2.75, 3.05) is 0 Å². The van der Waals surface area contributed by atoms with Gasteiger partial charge in [0.25, 0.3) is 0 Å². The van der Waals surface area contributed by atoms with Gasteiger partial charge in [-0.05, 0) is 82.2 Å². The topological polar surface area (TPSA) is 0 Å². The first-order chi connectivity index (χ1) is 11.3. The molecule has 0 unspecified atom stereocenters. The molecule has 2 aromatic rings. The lowest BCUT2D eigenvalue weighted by Gasteiger charge is -2.09. The zero-order chi connectivity index (χ0) is 15.6. The zero-order valence-electron chi connectivity index (χ0n) is 14.0. The molecule has 0 fully saturated rings. The van der Waals surface area contributed by atoms with Gasteiger partial charge in [0.15, 0.2) is 0 Å². The summed E-state index contributed by atoms with van der Waals surface area (Å²) in [5.41, 5.74) is 15.7. The van der Waals surface area contributed by atoms with Crippen molar-refractivity contribution >= 4 is 11.1 Å². The first-order valence-corrected chi connectivity index (χ1v) is 8.97. The Labute approximate surface area is 138 Å². The molecule has 114 valence electrons. The van der Waals surface area contributed by atoms with Crippen molar-refractivity contribution in [1.29, 1.82) is 0 Å². The van der Waals surface area contributed by atoms with Gasteiger partial charge in [0.1, 0.15) is 0 Å². The van der Waals surface area contributed by atoms with E-state index in [4.69, 9.17) is 0 Å². The Morgan fingerprint density at radius 3 is 2.04 bits per heavy atom. The van der Waals surface area contributed by atoms with Crippen LogP contribution in [0.3, 0.4) is 0 Å². The highest BCUT2D eigenvalue weighted by Crippen LogP contribution is 2.54. The van der Waals surface area contributed by atoms with Crippen molar-refractivity contribution < 1.29 is 0 Å². The van der Waals surface area contributed by atoms with E-state index in [0.29, 0.717) is 0 Å². The summed E-state index contributed by atoms with van der Waals surface area (Å²) >= 11 is 0. The highest BCUT2D eigenvalue weighted by Gasteiger charge is 2.35. The molecule has 0 heterocycles. The molecular formula is C23H22. The molecule has 23 heavy (non-hydrogen) atoms. The van der Waals surface area contributed by atoms with E-state index in [0.717, 1.165) is 19.3 Å². The van der Waals surface area contributed by atoms with Crippen molar-refractivity contribution in [3.63, 3.8) is 0 Å². The SMILES string of the molecule is CCc1ccc2c(c1)C1=C(C2)C2=C(C1)Cc1ccc(CC)cc12. The molecule has 0 bridgehead atoms. The number of fused-ring (bicyclic) bond motifs is 5. The zero-order valence-corrected chi connectivity index (χ0v) is 14.0. The van der Waals surface area contributed by atoms with E-state index in [-0.39, 0.29) is 0 Å². The van der Waals surface area contributed by atoms with Crippen LogP contribution in [0.5, 0.6) is 0 Å². The molecule has 0 heteroatoms. The molecule has 0 saturated heterocycles. The van der Waals surface area contributed by atoms with Crippen LogP contribution in [0, 0.1) is 0 Å². The molecule has 2 aromatic carbocycles. The predicted molar refractivity (Wildman–Crippen MR) is 97.5 cm³/mol. The summed E-state index contributed by atoms with van der Waals surface area (Å²) in [5.74, 6) is 0. The van der Waals surface area contributed by atoms with Crippen LogP contribution in [-0.2, 0) is 25.7 Å². The van der Waals surface area contributed by atoms with Crippen LogP contribution in [0.2, 0.25) is 0 Å². The van der Waals surface area contributed by atoms with Gasteiger partial charge in [0.2, 0.25) is 0 Å². The monoisotopic (exact) mass is 298 g/mol. The molecule has 3 aliphatic rings. The van der Waals surface area contributed by atoms with Gasteiger partial charge < -0.3 is 0 Å². The van der Waals surface area contributed by atoms with E-state index < -0.39 is 0 Å². The van der Waals surface area contributed by atoms with Crippen molar-refractivity contribution in [2.24, 2.45) is 0 Å². The molecule has 0 N–H and O–H groups in total. The number of benzene rings is 2. The van der Waals surface area contributed by atoms with Crippen molar-refractivity contribution in [3.05, 3.63) is 80.9 Å². The average molecular weight is 298 g/mol. The van der Waals surface area contributed by atoms with Gasteiger partial charge in [-0.1, -0.05) is 55.8 Å². The fraction of sp³-hybridized carbons (Fsp3) is 0.304. The molecule has 0 spiro atoms. The van der Waals surface area contributed by atoms with Crippen LogP contribution in [0.25, 0.3) is 11.1 Å². The highest BCUT2D eigenvalue weighted by molar-refractivity contribution is 6.02. The number of hydrogen-bond acceptors (Lipinski definition) is 0. The minimum atomic E-state index is 1.13. The second-order valence-electron chi connectivity index (χ2n) is 7.16. The molecule has 0 nitrogen and oxygen atoms in total. The molecule has 0 aromatic heterocycles. The van der Waals surface area contributed by atoms with Gasteiger partial charge >= 0.3 is 0 Å². The fourth-order valence-corrected chi connectivity index (χ4v) is 4.66. The van der Waals surface area contributed by atoms with Crippen molar-refractivity contribution in [3.8, 4) is 0 Å². The van der Waals surface area contributed by atoms with E-state index >= 15 is 0 Å². The lowest BCUT2D eigenvalue weighted by Crippen LogP contribution is -1.92. The largest absolute Gasteiger partial charge is 0.0613 e. The normalized spacial score (nSPS) is 17.5. The van der Waals surface area contributed by atoms with Gasteiger partial charge in [0, 0.05) is 0 Å². The van der Waals surface area contributed by atoms with Crippen LogP contribution in [0.15, 0.2) is 47.5 Å². The molecule has 0 atom stereocenters. The van der Waals surface area contributed by atoms with Crippen LogP contribution >= 0.6 is 0 Å². The van der Waals surface area contributed by atoms with Gasteiger partial charge in [-0.15, -0.1) is 0 Å². The van der Waals surface area contributed by atoms with Crippen LogP contribution < -0.4 is 0 Å². The Hall–Kier alpha value is -2.08. The van der Waals surface area contributed by atoms with Crippen LogP contribution in [0.4, 0.5) is 0 Å². The third-order valence-electron chi connectivity index (χ3n) is 5.94. The number of hydrogen-bond donors (Lipinski definition) is 0. The molecule has 3 aliphatic carbocycles. The average Bonchev–Trinajstić information content (AvgIpc) is 3.21. The third kappa shape index (κ3) is 1.78. The second kappa shape index (κ2) is 4.71. The molecule has 0 aliphatic heterocycles. The summed E-state index contributed by atoms with van der Waals surface area (Å²) in [6.07, 6.45) is 5.75. The van der Waals surface area contributed by atoms with Gasteiger partial charge in [-0.25, -0.2) is 0 Å². The highest BCUT2D eigenvalue weighted by atomic mass is 14.4.